The summed E-state index contributed by atoms with van der Waals surface area (Å²) in [5.74, 6) is 2.47. The predicted octanol–water partition coefficient (Wildman–Crippen LogP) is 2.48. The van der Waals surface area contributed by atoms with Crippen LogP contribution in [0.2, 0.25) is 0 Å². The third kappa shape index (κ3) is 1.64. The van der Waals surface area contributed by atoms with Crippen molar-refractivity contribution in [2.24, 2.45) is 0 Å². The number of aromatic nitrogens is 6. The van der Waals surface area contributed by atoms with Gasteiger partial charge >= 0.3 is 0 Å². The van der Waals surface area contributed by atoms with E-state index >= 15 is 0 Å². The fourth-order valence-corrected chi connectivity index (χ4v) is 1.82. The van der Waals surface area contributed by atoms with Crippen molar-refractivity contribution in [1.29, 1.82) is 0 Å². The van der Waals surface area contributed by atoms with Gasteiger partial charge in [-0.3, -0.25) is 0 Å². The summed E-state index contributed by atoms with van der Waals surface area (Å²) in [7, 11) is 0. The summed E-state index contributed by atoms with van der Waals surface area (Å²) in [4.78, 5) is 24.2. The van der Waals surface area contributed by atoms with Crippen LogP contribution in [0, 0.1) is 0 Å². The van der Waals surface area contributed by atoms with Crippen molar-refractivity contribution in [3.63, 3.8) is 0 Å². The Bertz CT molecular complexity index is 597. The third-order valence-corrected chi connectivity index (χ3v) is 2.90. The molecule has 0 bridgehead atoms. The molecule has 0 spiro atoms. The molecule has 3 aromatic heterocycles. The first-order valence-electron chi connectivity index (χ1n) is 6.18. The Kier molecular flexibility index (Phi) is 2.33. The monoisotopic (exact) mass is 244 g/mol. The molecule has 18 heavy (non-hydrogen) atoms. The van der Waals surface area contributed by atoms with Gasteiger partial charge in [0.1, 0.15) is 11.6 Å². The second-order valence-corrected chi connectivity index (χ2v) is 5.12. The van der Waals surface area contributed by atoms with Crippen LogP contribution >= 0.6 is 0 Å². The van der Waals surface area contributed by atoms with E-state index in [1.165, 1.54) is 0 Å². The highest BCUT2D eigenvalue weighted by molar-refractivity contribution is 5.78. The lowest BCUT2D eigenvalue weighted by Gasteiger charge is -1.95. The molecule has 0 aliphatic heterocycles. The number of fused-ring (bicyclic) bond motifs is 2. The van der Waals surface area contributed by atoms with Crippen molar-refractivity contribution in [2.45, 2.75) is 39.5 Å². The number of hydrogen-bond acceptors (Lipinski definition) is 4. The zero-order valence-electron chi connectivity index (χ0n) is 10.9. The lowest BCUT2D eigenvalue weighted by atomic mass is 10.2. The normalized spacial score (nSPS) is 12.3. The maximum Gasteiger partial charge on any atom is 0.199 e. The van der Waals surface area contributed by atoms with Gasteiger partial charge in [-0.2, -0.15) is 0 Å². The van der Waals surface area contributed by atoms with Gasteiger partial charge in [-0.1, -0.05) is 27.7 Å². The smallest absolute Gasteiger partial charge is 0.199 e. The number of nitrogens with zero attached hydrogens (tertiary/aromatic N) is 4. The Morgan fingerprint density at radius 1 is 0.667 bits per heavy atom. The fourth-order valence-electron chi connectivity index (χ4n) is 1.82. The predicted molar refractivity (Wildman–Crippen MR) is 69.5 cm³/mol. The van der Waals surface area contributed by atoms with Crippen molar-refractivity contribution in [1.82, 2.24) is 29.9 Å². The Morgan fingerprint density at radius 3 is 1.50 bits per heavy atom. The number of nitrogens with one attached hydrogen (secondary N) is 2. The van der Waals surface area contributed by atoms with E-state index < -0.39 is 0 Å². The summed E-state index contributed by atoms with van der Waals surface area (Å²) in [5.41, 5.74) is 2.69. The van der Waals surface area contributed by atoms with Crippen molar-refractivity contribution in [3.8, 4) is 0 Å². The van der Waals surface area contributed by atoms with E-state index in [0.29, 0.717) is 34.4 Å². The number of imidazole rings is 2. The van der Waals surface area contributed by atoms with Crippen LogP contribution in [0.1, 0.15) is 51.2 Å². The molecule has 6 heteroatoms. The SMILES string of the molecule is CC(C)c1nc2nc3nc(C(C)C)[nH]c3nc2[nH]1. The molecule has 0 atom stereocenters. The van der Waals surface area contributed by atoms with Crippen molar-refractivity contribution < 1.29 is 0 Å². The van der Waals surface area contributed by atoms with Crippen LogP contribution in [0.4, 0.5) is 0 Å². The van der Waals surface area contributed by atoms with Crippen LogP contribution in [0.15, 0.2) is 0 Å². The average molecular weight is 244 g/mol. The quantitative estimate of drug-likeness (QED) is 0.725. The molecule has 0 saturated heterocycles. The molecule has 3 rings (SSSR count). The maximum absolute atomic E-state index is 4.49. The molecular weight excluding hydrogens is 228 g/mol. The van der Waals surface area contributed by atoms with Gasteiger partial charge in [-0.25, -0.2) is 19.9 Å². The molecule has 0 unspecified atom stereocenters. The van der Waals surface area contributed by atoms with Gasteiger partial charge in [0.2, 0.25) is 0 Å². The summed E-state index contributed by atoms with van der Waals surface area (Å²) in [6, 6.07) is 0. The van der Waals surface area contributed by atoms with Gasteiger partial charge in [-0.05, 0) is 0 Å². The van der Waals surface area contributed by atoms with E-state index in [2.05, 4.69) is 57.6 Å². The second kappa shape index (κ2) is 3.76. The molecule has 0 radical (unpaired) electrons. The number of aromatic amines is 2. The Labute approximate surface area is 104 Å². The highest BCUT2D eigenvalue weighted by Crippen LogP contribution is 2.18. The van der Waals surface area contributed by atoms with E-state index in [9.17, 15) is 0 Å². The van der Waals surface area contributed by atoms with Gasteiger partial charge in [-0.15, -0.1) is 0 Å². The van der Waals surface area contributed by atoms with E-state index in [0.717, 1.165) is 11.6 Å². The van der Waals surface area contributed by atoms with E-state index in [-0.39, 0.29) is 0 Å². The topological polar surface area (TPSA) is 83.1 Å². The first-order chi connectivity index (χ1) is 8.54. The van der Waals surface area contributed by atoms with E-state index in [1.54, 1.807) is 0 Å². The van der Waals surface area contributed by atoms with Gasteiger partial charge in [0.25, 0.3) is 0 Å². The van der Waals surface area contributed by atoms with Crippen LogP contribution in [0.3, 0.4) is 0 Å². The average Bonchev–Trinajstić information content (AvgIpc) is 2.87. The lowest BCUT2D eigenvalue weighted by molar-refractivity contribution is 0.795. The maximum atomic E-state index is 4.49. The minimum Gasteiger partial charge on any atom is -0.325 e. The Hall–Kier alpha value is -1.98. The zero-order chi connectivity index (χ0) is 12.9. The van der Waals surface area contributed by atoms with Crippen molar-refractivity contribution in [3.05, 3.63) is 11.6 Å². The summed E-state index contributed by atoms with van der Waals surface area (Å²) < 4.78 is 0. The molecule has 0 saturated carbocycles. The van der Waals surface area contributed by atoms with Crippen molar-refractivity contribution in [2.75, 3.05) is 0 Å². The summed E-state index contributed by atoms with van der Waals surface area (Å²) in [6.07, 6.45) is 0. The molecule has 0 aliphatic carbocycles. The first kappa shape index (κ1) is 11.1. The van der Waals surface area contributed by atoms with E-state index in [4.69, 9.17) is 0 Å². The van der Waals surface area contributed by atoms with Crippen LogP contribution in [0.25, 0.3) is 22.6 Å². The van der Waals surface area contributed by atoms with Crippen LogP contribution in [0.5, 0.6) is 0 Å². The molecule has 3 aromatic rings. The fraction of sp³-hybridized carbons (Fsp3) is 0.500. The largest absolute Gasteiger partial charge is 0.325 e. The van der Waals surface area contributed by atoms with E-state index in [1.807, 2.05) is 0 Å². The molecule has 94 valence electrons. The highest BCUT2D eigenvalue weighted by atomic mass is 15.1. The number of hydrogen-bond donors (Lipinski definition) is 2. The minimum absolute atomic E-state index is 0.332. The first-order valence-corrected chi connectivity index (χ1v) is 6.18. The molecule has 0 aliphatic rings. The lowest BCUT2D eigenvalue weighted by Crippen LogP contribution is -1.89. The summed E-state index contributed by atoms with van der Waals surface area (Å²) in [6.45, 7) is 8.33. The van der Waals surface area contributed by atoms with Gasteiger partial charge in [0.15, 0.2) is 22.6 Å². The van der Waals surface area contributed by atoms with Gasteiger partial charge in [0.05, 0.1) is 0 Å². The van der Waals surface area contributed by atoms with Gasteiger partial charge < -0.3 is 9.97 Å². The summed E-state index contributed by atoms with van der Waals surface area (Å²) >= 11 is 0. The van der Waals surface area contributed by atoms with Crippen LogP contribution in [-0.2, 0) is 0 Å². The van der Waals surface area contributed by atoms with Crippen LogP contribution in [-0.4, -0.2) is 29.9 Å². The number of H-pyrrole nitrogens is 2. The van der Waals surface area contributed by atoms with Crippen molar-refractivity contribution >= 4 is 22.6 Å². The Morgan fingerprint density at radius 2 is 1.11 bits per heavy atom. The molecule has 2 N–H and O–H groups in total. The zero-order valence-corrected chi connectivity index (χ0v) is 10.9. The minimum atomic E-state index is 0.332. The van der Waals surface area contributed by atoms with Gasteiger partial charge in [0, 0.05) is 11.8 Å². The Balaban J connectivity index is 2.21. The standard InChI is InChI=1S/C12H16N6/c1-5(2)7-13-9-10(14-7)18-12-11(17-9)15-8(16-12)6(3)4/h5-6H,1-4H3,(H2,13,14,15,16,17,18). The second-order valence-electron chi connectivity index (χ2n) is 5.12. The molecule has 0 fully saturated rings. The molecular formula is C12H16N6. The third-order valence-electron chi connectivity index (χ3n) is 2.90. The molecule has 3 heterocycles. The molecule has 0 amide bonds. The molecule has 6 nitrogen and oxygen atoms in total. The number of rotatable bonds is 2. The molecule has 0 aromatic carbocycles. The highest BCUT2D eigenvalue weighted by Gasteiger charge is 2.13. The van der Waals surface area contributed by atoms with Crippen LogP contribution < -0.4 is 0 Å². The summed E-state index contributed by atoms with van der Waals surface area (Å²) in [5, 5.41) is 0.